The van der Waals surface area contributed by atoms with E-state index in [1.807, 2.05) is 37.3 Å². The zero-order valence-electron chi connectivity index (χ0n) is 9.03. The van der Waals surface area contributed by atoms with E-state index in [0.717, 1.165) is 12.0 Å². The van der Waals surface area contributed by atoms with Gasteiger partial charge in [-0.2, -0.15) is 0 Å². The highest BCUT2D eigenvalue weighted by atomic mass is 16.3. The monoisotopic (exact) mass is 203 g/mol. The molecule has 0 aromatic heterocycles. The predicted octanol–water partition coefficient (Wildman–Crippen LogP) is 1.40. The Morgan fingerprint density at radius 1 is 1.33 bits per heavy atom. The molecule has 0 aliphatic heterocycles. The SMILES string of the molecule is CC[C@H](CO)NCC#Cc1ccccc1. The van der Waals surface area contributed by atoms with Crippen LogP contribution in [0.3, 0.4) is 0 Å². The second-order valence-corrected chi connectivity index (χ2v) is 3.34. The van der Waals surface area contributed by atoms with Gasteiger partial charge in [-0.15, -0.1) is 0 Å². The number of benzene rings is 1. The van der Waals surface area contributed by atoms with Gasteiger partial charge in [0, 0.05) is 11.6 Å². The molecule has 0 radical (unpaired) electrons. The number of hydrogen-bond donors (Lipinski definition) is 2. The molecule has 80 valence electrons. The van der Waals surface area contributed by atoms with E-state index in [1.165, 1.54) is 0 Å². The number of hydrogen-bond acceptors (Lipinski definition) is 2. The molecule has 0 amide bonds. The Bertz CT molecular complexity index is 319. The minimum absolute atomic E-state index is 0.162. The maximum Gasteiger partial charge on any atom is 0.0584 e. The summed E-state index contributed by atoms with van der Waals surface area (Å²) in [6.07, 6.45) is 0.920. The molecule has 0 bridgehead atoms. The minimum Gasteiger partial charge on any atom is -0.395 e. The van der Waals surface area contributed by atoms with Crippen molar-refractivity contribution in [3.63, 3.8) is 0 Å². The molecule has 0 heterocycles. The van der Waals surface area contributed by atoms with Gasteiger partial charge in [-0.3, -0.25) is 0 Å². The van der Waals surface area contributed by atoms with Crippen LogP contribution >= 0.6 is 0 Å². The smallest absolute Gasteiger partial charge is 0.0584 e. The van der Waals surface area contributed by atoms with E-state index >= 15 is 0 Å². The molecule has 0 saturated heterocycles. The summed E-state index contributed by atoms with van der Waals surface area (Å²) in [4.78, 5) is 0. The van der Waals surface area contributed by atoms with E-state index in [2.05, 4.69) is 17.2 Å². The van der Waals surface area contributed by atoms with Gasteiger partial charge in [0.05, 0.1) is 13.2 Å². The minimum atomic E-state index is 0.162. The van der Waals surface area contributed by atoms with Gasteiger partial charge in [-0.1, -0.05) is 37.0 Å². The van der Waals surface area contributed by atoms with E-state index in [1.54, 1.807) is 0 Å². The summed E-state index contributed by atoms with van der Waals surface area (Å²) in [7, 11) is 0. The maximum absolute atomic E-state index is 8.93. The van der Waals surface area contributed by atoms with Crippen LogP contribution in [0.1, 0.15) is 18.9 Å². The zero-order chi connectivity index (χ0) is 10.9. The van der Waals surface area contributed by atoms with E-state index < -0.39 is 0 Å². The molecule has 0 saturated carbocycles. The van der Waals surface area contributed by atoms with Crippen LogP contribution in [0.25, 0.3) is 0 Å². The molecule has 1 aromatic rings. The van der Waals surface area contributed by atoms with Crippen LogP contribution in [0.5, 0.6) is 0 Å². The molecule has 2 nitrogen and oxygen atoms in total. The Kier molecular flexibility index (Phi) is 5.54. The Morgan fingerprint density at radius 3 is 2.67 bits per heavy atom. The van der Waals surface area contributed by atoms with Gasteiger partial charge >= 0.3 is 0 Å². The molecule has 0 aliphatic carbocycles. The first-order valence-corrected chi connectivity index (χ1v) is 5.25. The maximum atomic E-state index is 8.93. The highest BCUT2D eigenvalue weighted by Gasteiger charge is 1.99. The Morgan fingerprint density at radius 2 is 2.07 bits per heavy atom. The molecule has 2 heteroatoms. The van der Waals surface area contributed by atoms with Gasteiger partial charge in [0.1, 0.15) is 0 Å². The van der Waals surface area contributed by atoms with Crippen molar-refractivity contribution in [2.75, 3.05) is 13.2 Å². The zero-order valence-corrected chi connectivity index (χ0v) is 9.03. The Hall–Kier alpha value is -1.30. The normalized spacial score (nSPS) is 11.6. The number of rotatable bonds is 4. The van der Waals surface area contributed by atoms with Gasteiger partial charge in [-0.25, -0.2) is 0 Å². The lowest BCUT2D eigenvalue weighted by molar-refractivity contribution is 0.243. The second-order valence-electron chi connectivity index (χ2n) is 3.34. The lowest BCUT2D eigenvalue weighted by Crippen LogP contribution is -2.31. The Labute approximate surface area is 91.3 Å². The summed E-state index contributed by atoms with van der Waals surface area (Å²) in [5.74, 6) is 6.08. The van der Waals surface area contributed by atoms with Crippen LogP contribution in [0.2, 0.25) is 0 Å². The summed E-state index contributed by atoms with van der Waals surface area (Å²) in [6, 6.07) is 10.0. The van der Waals surface area contributed by atoms with Crippen molar-refractivity contribution in [3.8, 4) is 11.8 Å². The fraction of sp³-hybridized carbons (Fsp3) is 0.385. The summed E-state index contributed by atoms with van der Waals surface area (Å²) in [6.45, 7) is 2.83. The summed E-state index contributed by atoms with van der Waals surface area (Å²) in [5.41, 5.74) is 1.02. The first-order valence-electron chi connectivity index (χ1n) is 5.25. The first-order chi connectivity index (χ1) is 7.36. The van der Waals surface area contributed by atoms with Crippen molar-refractivity contribution in [2.24, 2.45) is 0 Å². The van der Waals surface area contributed by atoms with Crippen LogP contribution in [-0.2, 0) is 0 Å². The topological polar surface area (TPSA) is 32.3 Å². The molecule has 2 N–H and O–H groups in total. The molecule has 0 aliphatic rings. The van der Waals surface area contributed by atoms with E-state index in [9.17, 15) is 0 Å². The molecular formula is C13H17NO. The summed E-state index contributed by atoms with van der Waals surface area (Å²) >= 11 is 0. The third kappa shape index (κ3) is 4.64. The first kappa shape index (κ1) is 11.8. The van der Waals surface area contributed by atoms with E-state index in [0.29, 0.717) is 6.54 Å². The summed E-state index contributed by atoms with van der Waals surface area (Å²) < 4.78 is 0. The van der Waals surface area contributed by atoms with Crippen LogP contribution in [0, 0.1) is 11.8 Å². The molecule has 15 heavy (non-hydrogen) atoms. The molecule has 1 aromatic carbocycles. The average molecular weight is 203 g/mol. The predicted molar refractivity (Wildman–Crippen MR) is 62.5 cm³/mol. The van der Waals surface area contributed by atoms with Crippen LogP contribution < -0.4 is 5.32 Å². The highest BCUT2D eigenvalue weighted by Crippen LogP contribution is 1.94. The van der Waals surface area contributed by atoms with E-state index in [-0.39, 0.29) is 12.6 Å². The molecule has 0 spiro atoms. The third-order valence-electron chi connectivity index (χ3n) is 2.20. The van der Waals surface area contributed by atoms with Crippen LogP contribution in [0.4, 0.5) is 0 Å². The average Bonchev–Trinajstić information content (AvgIpc) is 2.31. The number of aliphatic hydroxyl groups excluding tert-OH is 1. The standard InChI is InChI=1S/C13H17NO/c1-2-13(11-15)14-10-6-9-12-7-4-3-5-8-12/h3-5,7-8,13-15H,2,10-11H2,1H3/t13-/m1/s1. The lowest BCUT2D eigenvalue weighted by atomic mass is 10.2. The number of aliphatic hydroxyl groups is 1. The van der Waals surface area contributed by atoms with Crippen molar-refractivity contribution in [3.05, 3.63) is 35.9 Å². The van der Waals surface area contributed by atoms with Crippen molar-refractivity contribution >= 4 is 0 Å². The molecular weight excluding hydrogens is 186 g/mol. The van der Waals surface area contributed by atoms with Crippen molar-refractivity contribution in [2.45, 2.75) is 19.4 Å². The van der Waals surface area contributed by atoms with E-state index in [4.69, 9.17) is 5.11 Å². The Balaban J connectivity index is 2.34. The summed E-state index contributed by atoms with van der Waals surface area (Å²) in [5, 5.41) is 12.1. The van der Waals surface area contributed by atoms with Crippen molar-refractivity contribution in [1.29, 1.82) is 0 Å². The van der Waals surface area contributed by atoms with Gasteiger partial charge in [0.15, 0.2) is 0 Å². The van der Waals surface area contributed by atoms with Gasteiger partial charge in [-0.05, 0) is 18.6 Å². The van der Waals surface area contributed by atoms with Crippen LogP contribution in [0.15, 0.2) is 30.3 Å². The number of nitrogens with one attached hydrogen (secondary N) is 1. The van der Waals surface area contributed by atoms with Crippen LogP contribution in [-0.4, -0.2) is 24.3 Å². The molecule has 0 fully saturated rings. The largest absolute Gasteiger partial charge is 0.395 e. The quantitative estimate of drug-likeness (QED) is 0.725. The van der Waals surface area contributed by atoms with Gasteiger partial charge in [0.2, 0.25) is 0 Å². The molecule has 0 unspecified atom stereocenters. The second kappa shape index (κ2) is 7.05. The molecule has 1 atom stereocenters. The van der Waals surface area contributed by atoms with Gasteiger partial charge < -0.3 is 10.4 Å². The molecule has 1 rings (SSSR count). The fourth-order valence-electron chi connectivity index (χ4n) is 1.20. The fourth-order valence-corrected chi connectivity index (χ4v) is 1.20. The highest BCUT2D eigenvalue weighted by molar-refractivity contribution is 5.33. The third-order valence-corrected chi connectivity index (χ3v) is 2.20. The van der Waals surface area contributed by atoms with Crippen molar-refractivity contribution < 1.29 is 5.11 Å². The van der Waals surface area contributed by atoms with Gasteiger partial charge in [0.25, 0.3) is 0 Å². The lowest BCUT2D eigenvalue weighted by Gasteiger charge is -2.10. The van der Waals surface area contributed by atoms with Crippen molar-refractivity contribution in [1.82, 2.24) is 5.32 Å².